The van der Waals surface area contributed by atoms with E-state index >= 15 is 35.1 Å². The average molecular weight is 968 g/mol. The zero-order valence-corrected chi connectivity index (χ0v) is 33.2. The fraction of sp³-hybridized carbons (Fsp3) is 0.0909. The number of hydrogen-bond acceptors (Lipinski definition) is 1. The molecule has 1 aromatic heterocycles. The molecule has 0 spiro atoms. The van der Waals surface area contributed by atoms with Gasteiger partial charge in [-0.15, -0.1) is 21.9 Å². The first-order valence-corrected chi connectivity index (χ1v) is 18.6. The normalized spacial score (nSPS) is 11.6. The molecule has 0 N–H and O–H groups in total. The molecule has 0 atom stereocenters. The Morgan fingerprint density at radius 1 is 0.403 bits per heavy atom. The standard InChI is InChI=1S/C24BF20.C20H21N2/c26-5-1(6(27)14(35)21(42)13(5)34)25(2-7(28)15(36)22(43)16(37)8(2)29,3-9(30)17(38)23(44)18(39)10(3)31)4-11(32)19(40)24(45)20(41)12(4)33;1-16(2)18-8-10-19(11-9-18)20-14-21-12-13-22(20)15-17-6-4-3-5-7-17/h;3-14,16H,15H2,1-2H3/q-1;+1. The maximum absolute atomic E-state index is 15.4. The van der Waals surface area contributed by atoms with Crippen LogP contribution in [0.3, 0.4) is 0 Å². The second-order valence-corrected chi connectivity index (χ2v) is 14.7. The van der Waals surface area contributed by atoms with E-state index in [2.05, 4.69) is 71.9 Å². The quantitative estimate of drug-likeness (QED) is 0.0488. The molecule has 0 aliphatic heterocycles. The summed E-state index contributed by atoms with van der Waals surface area (Å²) in [6, 6.07) is 19.3. The van der Waals surface area contributed by atoms with Crippen LogP contribution < -0.4 is 26.4 Å². The molecule has 0 radical (unpaired) electrons. The zero-order chi connectivity index (χ0) is 49.7. The Hall–Kier alpha value is -6.94. The summed E-state index contributed by atoms with van der Waals surface area (Å²) in [5.41, 5.74) is -9.33. The highest BCUT2D eigenvalue weighted by molar-refractivity contribution is 7.20. The van der Waals surface area contributed by atoms with Crippen LogP contribution in [0.25, 0.3) is 11.3 Å². The van der Waals surface area contributed by atoms with Crippen LogP contribution in [0.5, 0.6) is 0 Å². The van der Waals surface area contributed by atoms with Gasteiger partial charge in [-0.3, -0.25) is 4.98 Å². The van der Waals surface area contributed by atoms with E-state index < -0.39 is 144 Å². The minimum absolute atomic E-state index is 0.555. The van der Waals surface area contributed by atoms with Gasteiger partial charge in [0.1, 0.15) is 52.7 Å². The molecule has 2 nitrogen and oxygen atoms in total. The molecular formula is C44H21BF20N2. The Kier molecular flexibility index (Phi) is 13.8. The van der Waals surface area contributed by atoms with Gasteiger partial charge in [0.05, 0.1) is 12.4 Å². The van der Waals surface area contributed by atoms with Crippen molar-refractivity contribution in [2.24, 2.45) is 0 Å². The summed E-state index contributed by atoms with van der Waals surface area (Å²) in [6.07, 6.45) is -1.40. The van der Waals surface area contributed by atoms with Gasteiger partial charge >= 0.3 is 0 Å². The van der Waals surface area contributed by atoms with Gasteiger partial charge in [0.2, 0.25) is 5.69 Å². The molecule has 7 rings (SSSR count). The molecule has 350 valence electrons. The highest BCUT2D eigenvalue weighted by Gasteiger charge is 2.52. The van der Waals surface area contributed by atoms with Crippen molar-refractivity contribution in [3.63, 3.8) is 0 Å². The monoisotopic (exact) mass is 968 g/mol. The van der Waals surface area contributed by atoms with E-state index in [1.807, 2.05) is 24.7 Å². The molecule has 0 aliphatic carbocycles. The molecular weight excluding hydrogens is 947 g/mol. The summed E-state index contributed by atoms with van der Waals surface area (Å²) in [5.74, 6) is -70.8. The molecule has 0 amide bonds. The Bertz CT molecular complexity index is 2690. The van der Waals surface area contributed by atoms with E-state index in [1.54, 1.807) is 0 Å². The molecule has 23 heteroatoms. The number of nitrogens with zero attached hydrogens (tertiary/aromatic N) is 2. The molecule has 6 aromatic carbocycles. The summed E-state index contributed by atoms with van der Waals surface area (Å²) in [5, 5.41) is 0. The zero-order valence-electron chi connectivity index (χ0n) is 33.2. The average Bonchev–Trinajstić information content (AvgIpc) is 3.32. The largest absolute Gasteiger partial charge is 0.252 e. The first kappa shape index (κ1) is 49.5. The number of aromatic nitrogens is 2. The second-order valence-electron chi connectivity index (χ2n) is 14.7. The summed E-state index contributed by atoms with van der Waals surface area (Å²) in [6.45, 7) is 5.29. The third-order valence-electron chi connectivity index (χ3n) is 10.6. The van der Waals surface area contributed by atoms with Crippen molar-refractivity contribution in [1.82, 2.24) is 4.98 Å². The lowest BCUT2D eigenvalue weighted by Gasteiger charge is -2.44. The smallest absolute Gasteiger partial charge is 0.231 e. The van der Waals surface area contributed by atoms with Gasteiger partial charge in [0.25, 0.3) is 0 Å². The topological polar surface area (TPSA) is 16.8 Å². The summed E-state index contributed by atoms with van der Waals surface area (Å²) < 4.78 is 296. The maximum atomic E-state index is 15.4. The van der Waals surface area contributed by atoms with Gasteiger partial charge < -0.3 is 0 Å². The van der Waals surface area contributed by atoms with Crippen LogP contribution >= 0.6 is 0 Å². The Balaban J connectivity index is 0.000000279. The number of benzene rings is 6. The first-order chi connectivity index (χ1) is 31.4. The van der Waals surface area contributed by atoms with Crippen LogP contribution in [0.1, 0.15) is 30.9 Å². The predicted octanol–water partition coefficient (Wildman–Crippen LogP) is 10.1. The lowest BCUT2D eigenvalue weighted by atomic mass is 9.12. The minimum Gasteiger partial charge on any atom is -0.252 e. The lowest BCUT2D eigenvalue weighted by molar-refractivity contribution is -0.678. The first-order valence-electron chi connectivity index (χ1n) is 18.6. The number of hydrogen-bond donors (Lipinski definition) is 0. The third-order valence-corrected chi connectivity index (χ3v) is 10.6. The predicted molar refractivity (Wildman–Crippen MR) is 199 cm³/mol. The van der Waals surface area contributed by atoms with E-state index in [4.69, 9.17) is 0 Å². The lowest BCUT2D eigenvalue weighted by Crippen LogP contribution is -2.81. The van der Waals surface area contributed by atoms with E-state index in [-0.39, 0.29) is 0 Å². The van der Waals surface area contributed by atoms with Crippen LogP contribution in [-0.4, -0.2) is 11.1 Å². The highest BCUT2D eigenvalue weighted by atomic mass is 19.2. The molecule has 0 fully saturated rings. The van der Waals surface area contributed by atoms with Crippen molar-refractivity contribution in [2.75, 3.05) is 0 Å². The van der Waals surface area contributed by atoms with Crippen molar-refractivity contribution < 1.29 is 92.4 Å². The number of halogens is 20. The van der Waals surface area contributed by atoms with Gasteiger partial charge in [-0.2, -0.15) is 4.57 Å². The molecule has 0 unspecified atom stereocenters. The summed E-state index contributed by atoms with van der Waals surface area (Å²) in [4.78, 5) is 4.30. The minimum atomic E-state index is -7.22. The molecule has 0 bridgehead atoms. The molecule has 67 heavy (non-hydrogen) atoms. The second kappa shape index (κ2) is 18.7. The maximum Gasteiger partial charge on any atom is 0.231 e. The van der Waals surface area contributed by atoms with Crippen LogP contribution in [-0.2, 0) is 6.54 Å². The SMILES string of the molecule is CC(C)c1ccc(-c2cncc[n+]2Cc2ccccc2)cc1.Fc1c(F)c(F)c([B-](c2c(F)c(F)c(F)c(F)c2F)(c2c(F)c(F)c(F)c(F)c2F)c2c(F)c(F)c(F)c(F)c2F)c(F)c1F. The van der Waals surface area contributed by atoms with E-state index in [1.165, 1.54) is 16.7 Å². The van der Waals surface area contributed by atoms with Gasteiger partial charge in [-0.1, -0.05) is 56.3 Å². The van der Waals surface area contributed by atoms with Crippen molar-refractivity contribution >= 4 is 28.0 Å². The van der Waals surface area contributed by atoms with Crippen molar-refractivity contribution in [2.45, 2.75) is 26.3 Å². The van der Waals surface area contributed by atoms with Gasteiger partial charge in [-0.05, 0) is 23.6 Å². The highest BCUT2D eigenvalue weighted by Crippen LogP contribution is 2.31. The van der Waals surface area contributed by atoms with E-state index in [9.17, 15) is 52.7 Å². The van der Waals surface area contributed by atoms with Gasteiger partial charge in [0, 0.05) is 11.1 Å². The van der Waals surface area contributed by atoms with Crippen LogP contribution in [0.4, 0.5) is 87.8 Å². The third kappa shape index (κ3) is 8.10. The Morgan fingerprint density at radius 3 is 1.00 bits per heavy atom. The van der Waals surface area contributed by atoms with Crippen molar-refractivity contribution in [1.29, 1.82) is 0 Å². The molecule has 0 saturated heterocycles. The molecule has 0 aliphatic rings. The molecule has 1 heterocycles. The van der Waals surface area contributed by atoms with Gasteiger partial charge in [-0.25, -0.2) is 87.8 Å². The summed E-state index contributed by atoms with van der Waals surface area (Å²) >= 11 is 0. The summed E-state index contributed by atoms with van der Waals surface area (Å²) in [7, 11) is 0. The fourth-order valence-electron chi connectivity index (χ4n) is 7.46. The van der Waals surface area contributed by atoms with Crippen LogP contribution in [0.2, 0.25) is 0 Å². The molecule has 7 aromatic rings. The Morgan fingerprint density at radius 2 is 0.701 bits per heavy atom. The van der Waals surface area contributed by atoms with Crippen molar-refractivity contribution in [3.8, 4) is 11.3 Å². The van der Waals surface area contributed by atoms with Gasteiger partial charge in [0.15, 0.2) is 82.5 Å². The molecule has 0 saturated carbocycles. The van der Waals surface area contributed by atoms with E-state index in [0.29, 0.717) is 5.92 Å². The van der Waals surface area contributed by atoms with Crippen LogP contribution in [0, 0.1) is 116 Å². The van der Waals surface area contributed by atoms with E-state index in [0.717, 1.165) is 12.2 Å². The number of rotatable bonds is 8. The fourth-order valence-corrected chi connectivity index (χ4v) is 7.46. The van der Waals surface area contributed by atoms with Crippen LogP contribution in [0.15, 0.2) is 73.2 Å². The van der Waals surface area contributed by atoms with Crippen molar-refractivity contribution in [3.05, 3.63) is 201 Å². The Labute approximate surface area is 363 Å².